The minimum atomic E-state index is -0.624. The van der Waals surface area contributed by atoms with Crippen LogP contribution in [0.1, 0.15) is 36.7 Å². The average molecular weight is 402 g/mol. The lowest BCUT2D eigenvalue weighted by atomic mass is 10.1. The van der Waals surface area contributed by atoms with Crippen LogP contribution < -0.4 is 0 Å². The molecule has 0 amide bonds. The molecule has 30 heavy (non-hydrogen) atoms. The molecule has 2 aromatic heterocycles. The van der Waals surface area contributed by atoms with Crippen molar-refractivity contribution in [3.63, 3.8) is 0 Å². The summed E-state index contributed by atoms with van der Waals surface area (Å²) in [5.41, 5.74) is 2.97. The van der Waals surface area contributed by atoms with Crippen molar-refractivity contribution in [1.29, 1.82) is 0 Å². The van der Waals surface area contributed by atoms with Crippen LogP contribution in [0.25, 0.3) is 22.8 Å². The van der Waals surface area contributed by atoms with Gasteiger partial charge in [0.15, 0.2) is 6.10 Å². The van der Waals surface area contributed by atoms with Crippen LogP contribution in [0.15, 0.2) is 75.6 Å². The number of hydrogen-bond acceptors (Lipinski definition) is 6. The molecule has 2 heterocycles. The molecular formula is C24H22N2O4. The predicted molar refractivity (Wildman–Crippen MR) is 111 cm³/mol. The number of benzene rings is 2. The number of nitrogens with zero attached hydrogens (tertiary/aromatic N) is 2. The number of furan rings is 1. The second-order valence-corrected chi connectivity index (χ2v) is 7.08. The lowest BCUT2D eigenvalue weighted by Gasteiger charge is -2.08. The Kier molecular flexibility index (Phi) is 5.75. The Labute approximate surface area is 174 Å². The van der Waals surface area contributed by atoms with Crippen molar-refractivity contribution in [2.45, 2.75) is 32.8 Å². The summed E-state index contributed by atoms with van der Waals surface area (Å²) >= 11 is 0. The van der Waals surface area contributed by atoms with Gasteiger partial charge in [0, 0.05) is 17.5 Å². The van der Waals surface area contributed by atoms with E-state index in [4.69, 9.17) is 13.6 Å². The number of carbonyl (C=O) groups excluding carboxylic acids is 1. The molecule has 0 aliphatic rings. The van der Waals surface area contributed by atoms with E-state index >= 15 is 0 Å². The number of carbonyl (C=O) groups is 1. The second kappa shape index (κ2) is 8.78. The summed E-state index contributed by atoms with van der Waals surface area (Å²) in [5.74, 6) is 1.83. The third-order valence-corrected chi connectivity index (χ3v) is 4.69. The minimum Gasteiger partial charge on any atom is -0.461 e. The van der Waals surface area contributed by atoms with Crippen molar-refractivity contribution in [3.05, 3.63) is 83.9 Å². The molecule has 2 aromatic carbocycles. The molecule has 4 rings (SSSR count). The van der Waals surface area contributed by atoms with Crippen LogP contribution in [0.2, 0.25) is 0 Å². The van der Waals surface area contributed by atoms with Gasteiger partial charge in [-0.2, -0.15) is 0 Å². The molecule has 0 fully saturated rings. The fourth-order valence-electron chi connectivity index (χ4n) is 3.01. The Bertz CT molecular complexity index is 1110. The monoisotopic (exact) mass is 402 g/mol. The molecule has 0 bridgehead atoms. The maximum atomic E-state index is 12.2. The molecule has 0 aliphatic carbocycles. The Balaban J connectivity index is 1.31. The van der Waals surface area contributed by atoms with Crippen LogP contribution in [0.5, 0.6) is 0 Å². The van der Waals surface area contributed by atoms with Crippen LogP contribution in [0, 0.1) is 6.92 Å². The van der Waals surface area contributed by atoms with E-state index in [-0.39, 0.29) is 18.3 Å². The van der Waals surface area contributed by atoms with Crippen molar-refractivity contribution >= 4 is 5.97 Å². The first-order valence-electron chi connectivity index (χ1n) is 9.82. The molecular weight excluding hydrogens is 380 g/mol. The maximum Gasteiger partial charge on any atom is 0.307 e. The standard InChI is InChI=1S/C24H22N2O4/c1-16-8-10-19(11-9-16)24-26-25-23(30-24)17(2)28-22(27)15-13-20-12-14-21(29-20)18-6-4-3-5-7-18/h3-12,14,17H,13,15H2,1-2H3. The summed E-state index contributed by atoms with van der Waals surface area (Å²) in [7, 11) is 0. The van der Waals surface area contributed by atoms with Crippen molar-refractivity contribution in [1.82, 2.24) is 10.2 Å². The molecule has 0 saturated heterocycles. The minimum absolute atomic E-state index is 0.199. The van der Waals surface area contributed by atoms with E-state index < -0.39 is 6.10 Å². The highest BCUT2D eigenvalue weighted by molar-refractivity contribution is 5.70. The summed E-state index contributed by atoms with van der Waals surface area (Å²) < 4.78 is 16.9. The van der Waals surface area contributed by atoms with Crippen LogP contribution in [-0.4, -0.2) is 16.2 Å². The topological polar surface area (TPSA) is 78.4 Å². The molecule has 0 saturated carbocycles. The van der Waals surface area contributed by atoms with Crippen LogP contribution in [0.4, 0.5) is 0 Å². The van der Waals surface area contributed by atoms with E-state index in [1.165, 1.54) is 0 Å². The van der Waals surface area contributed by atoms with Gasteiger partial charge in [-0.1, -0.05) is 48.0 Å². The van der Waals surface area contributed by atoms with Crippen LogP contribution >= 0.6 is 0 Å². The zero-order valence-corrected chi connectivity index (χ0v) is 16.9. The van der Waals surface area contributed by atoms with Crippen molar-refractivity contribution in [2.75, 3.05) is 0 Å². The quantitative estimate of drug-likeness (QED) is 0.378. The second-order valence-electron chi connectivity index (χ2n) is 7.08. The van der Waals surface area contributed by atoms with Crippen molar-refractivity contribution in [3.8, 4) is 22.8 Å². The number of aryl methyl sites for hydroxylation is 2. The summed E-state index contributed by atoms with van der Waals surface area (Å²) in [4.78, 5) is 12.2. The summed E-state index contributed by atoms with van der Waals surface area (Å²) in [6.45, 7) is 3.72. The fraction of sp³-hybridized carbons (Fsp3) is 0.208. The summed E-state index contributed by atoms with van der Waals surface area (Å²) in [6.07, 6.45) is 0.0303. The molecule has 0 N–H and O–H groups in total. The Morgan fingerprint density at radius 3 is 2.47 bits per heavy atom. The van der Waals surface area contributed by atoms with Gasteiger partial charge >= 0.3 is 5.97 Å². The zero-order valence-electron chi connectivity index (χ0n) is 16.9. The molecule has 0 spiro atoms. The molecule has 1 atom stereocenters. The fourth-order valence-corrected chi connectivity index (χ4v) is 3.01. The number of rotatable bonds is 7. The van der Waals surface area contributed by atoms with Gasteiger partial charge < -0.3 is 13.6 Å². The van der Waals surface area contributed by atoms with Gasteiger partial charge in [-0.3, -0.25) is 4.79 Å². The normalized spacial score (nSPS) is 11.9. The van der Waals surface area contributed by atoms with Crippen molar-refractivity contribution < 1.29 is 18.4 Å². The summed E-state index contributed by atoms with van der Waals surface area (Å²) in [6, 6.07) is 21.4. The van der Waals surface area contributed by atoms with Gasteiger partial charge in [0.05, 0.1) is 6.42 Å². The highest BCUT2D eigenvalue weighted by Gasteiger charge is 2.19. The van der Waals surface area contributed by atoms with E-state index in [2.05, 4.69) is 10.2 Å². The largest absolute Gasteiger partial charge is 0.461 e. The molecule has 6 nitrogen and oxygen atoms in total. The maximum absolute atomic E-state index is 12.2. The van der Waals surface area contributed by atoms with Crippen molar-refractivity contribution in [2.24, 2.45) is 0 Å². The Morgan fingerprint density at radius 2 is 1.70 bits per heavy atom. The molecule has 152 valence electrons. The molecule has 6 heteroatoms. The Morgan fingerprint density at radius 1 is 0.933 bits per heavy atom. The van der Waals surface area contributed by atoms with E-state index in [1.807, 2.05) is 73.7 Å². The van der Waals surface area contributed by atoms with E-state index in [9.17, 15) is 4.79 Å². The SMILES string of the molecule is Cc1ccc(-c2nnc(C(C)OC(=O)CCc3ccc(-c4ccccc4)o3)o2)cc1. The van der Waals surface area contributed by atoms with Crippen LogP contribution in [-0.2, 0) is 16.0 Å². The first kappa shape index (κ1) is 19.6. The first-order chi connectivity index (χ1) is 14.6. The third-order valence-electron chi connectivity index (χ3n) is 4.69. The highest BCUT2D eigenvalue weighted by Crippen LogP contribution is 2.24. The van der Waals surface area contributed by atoms with Gasteiger partial charge in [0.25, 0.3) is 5.89 Å². The van der Waals surface area contributed by atoms with Gasteiger partial charge in [-0.05, 0) is 38.1 Å². The predicted octanol–water partition coefficient (Wildman–Crippen LogP) is 5.54. The van der Waals surface area contributed by atoms with Gasteiger partial charge in [0.1, 0.15) is 11.5 Å². The lowest BCUT2D eigenvalue weighted by molar-refractivity contribution is -0.149. The van der Waals surface area contributed by atoms with Gasteiger partial charge in [-0.25, -0.2) is 0 Å². The van der Waals surface area contributed by atoms with Crippen LogP contribution in [0.3, 0.4) is 0 Å². The van der Waals surface area contributed by atoms with E-state index in [0.29, 0.717) is 12.3 Å². The smallest absolute Gasteiger partial charge is 0.307 e. The zero-order chi connectivity index (χ0) is 20.9. The molecule has 1 unspecified atom stereocenters. The van der Waals surface area contributed by atoms with E-state index in [1.54, 1.807) is 6.92 Å². The lowest BCUT2D eigenvalue weighted by Crippen LogP contribution is -2.10. The third kappa shape index (κ3) is 4.66. The highest BCUT2D eigenvalue weighted by atomic mass is 16.6. The number of aromatic nitrogens is 2. The first-order valence-corrected chi connectivity index (χ1v) is 9.82. The average Bonchev–Trinajstić information content (AvgIpc) is 3.44. The molecule has 0 radical (unpaired) electrons. The van der Waals surface area contributed by atoms with Gasteiger partial charge in [0.2, 0.25) is 5.89 Å². The number of hydrogen-bond donors (Lipinski definition) is 0. The van der Waals surface area contributed by atoms with E-state index in [0.717, 1.165) is 28.2 Å². The molecule has 4 aromatic rings. The number of esters is 1. The number of ether oxygens (including phenoxy) is 1. The summed E-state index contributed by atoms with van der Waals surface area (Å²) in [5, 5.41) is 8.06. The molecule has 0 aliphatic heterocycles. The van der Waals surface area contributed by atoms with Gasteiger partial charge in [-0.15, -0.1) is 10.2 Å². The Hall–Kier alpha value is -3.67.